The van der Waals surface area contributed by atoms with Gasteiger partial charge >= 0.3 is 0 Å². The summed E-state index contributed by atoms with van der Waals surface area (Å²) in [5.74, 6) is 0.647. The van der Waals surface area contributed by atoms with Gasteiger partial charge in [-0.25, -0.2) is 9.97 Å². The normalized spacial score (nSPS) is 16.3. The summed E-state index contributed by atoms with van der Waals surface area (Å²) in [6.07, 6.45) is 4.92. The summed E-state index contributed by atoms with van der Waals surface area (Å²) in [6, 6.07) is 9.92. The molecule has 1 aliphatic rings. The highest BCUT2D eigenvalue weighted by atomic mass is 16.3. The van der Waals surface area contributed by atoms with Crippen molar-refractivity contribution in [2.75, 3.05) is 13.1 Å². The molecule has 1 N–H and O–H groups in total. The third-order valence-corrected chi connectivity index (χ3v) is 5.51. The number of hydrogen-bond donors (Lipinski definition) is 1. The van der Waals surface area contributed by atoms with Gasteiger partial charge in [-0.05, 0) is 43.5 Å². The van der Waals surface area contributed by atoms with E-state index in [1.54, 1.807) is 17.3 Å². The number of aryl methyl sites for hydroxylation is 2. The average Bonchev–Trinajstić information content (AvgIpc) is 2.73. The van der Waals surface area contributed by atoms with E-state index in [0.717, 1.165) is 34.4 Å². The summed E-state index contributed by atoms with van der Waals surface area (Å²) in [7, 11) is 0. The molecule has 144 valence electrons. The molecule has 4 rings (SSSR count). The van der Waals surface area contributed by atoms with E-state index in [0.29, 0.717) is 31.5 Å². The van der Waals surface area contributed by atoms with Crippen LogP contribution in [0, 0.1) is 6.92 Å². The third-order valence-electron chi connectivity index (χ3n) is 5.51. The lowest BCUT2D eigenvalue weighted by atomic mass is 9.83. The van der Waals surface area contributed by atoms with Crippen LogP contribution in [0.15, 0.2) is 42.7 Å². The molecule has 28 heavy (non-hydrogen) atoms. The van der Waals surface area contributed by atoms with Crippen LogP contribution in [0.25, 0.3) is 10.9 Å². The zero-order valence-corrected chi connectivity index (χ0v) is 16.2. The molecular formula is C22H24N4O2. The van der Waals surface area contributed by atoms with Crippen LogP contribution in [0.4, 0.5) is 0 Å². The van der Waals surface area contributed by atoms with Crippen LogP contribution >= 0.6 is 0 Å². The van der Waals surface area contributed by atoms with Gasteiger partial charge in [-0.2, -0.15) is 0 Å². The number of aromatic nitrogens is 3. The Morgan fingerprint density at radius 1 is 1.14 bits per heavy atom. The van der Waals surface area contributed by atoms with Crippen LogP contribution in [-0.2, 0) is 12.0 Å². The van der Waals surface area contributed by atoms with Crippen molar-refractivity contribution >= 4 is 16.8 Å². The number of rotatable bonds is 3. The maximum Gasteiger partial charge on any atom is 0.256 e. The fraction of sp³-hybridized carbons (Fsp3) is 0.364. The molecular weight excluding hydrogens is 352 g/mol. The second-order valence-electron chi connectivity index (χ2n) is 7.43. The minimum atomic E-state index is -0.932. The first-order chi connectivity index (χ1) is 13.5. The molecule has 0 atom stereocenters. The van der Waals surface area contributed by atoms with E-state index in [1.807, 2.05) is 44.2 Å². The van der Waals surface area contributed by atoms with E-state index in [9.17, 15) is 9.90 Å². The minimum absolute atomic E-state index is 0.0807. The summed E-state index contributed by atoms with van der Waals surface area (Å²) in [4.78, 5) is 27.4. The van der Waals surface area contributed by atoms with Gasteiger partial charge in [0.2, 0.25) is 0 Å². The Morgan fingerprint density at radius 2 is 1.86 bits per heavy atom. The molecule has 1 fully saturated rings. The molecule has 6 heteroatoms. The highest BCUT2D eigenvalue weighted by Crippen LogP contribution is 2.34. The number of pyridine rings is 1. The highest BCUT2D eigenvalue weighted by molar-refractivity contribution is 5.93. The SMILES string of the molecule is CCc1ncc(C(=O)N2CCC(O)(c3ccc4nc(C)ccc4c3)CC2)cn1. The lowest BCUT2D eigenvalue weighted by molar-refractivity contribution is -0.0210. The van der Waals surface area contributed by atoms with Crippen molar-refractivity contribution in [3.05, 3.63) is 65.4 Å². The van der Waals surface area contributed by atoms with E-state index in [1.165, 1.54) is 0 Å². The fourth-order valence-corrected chi connectivity index (χ4v) is 3.72. The summed E-state index contributed by atoms with van der Waals surface area (Å²) >= 11 is 0. The van der Waals surface area contributed by atoms with E-state index in [2.05, 4.69) is 15.0 Å². The van der Waals surface area contributed by atoms with Gasteiger partial charge in [0.25, 0.3) is 5.91 Å². The number of benzene rings is 1. The Hall–Kier alpha value is -2.86. The molecule has 0 radical (unpaired) electrons. The third kappa shape index (κ3) is 3.47. The van der Waals surface area contributed by atoms with Crippen LogP contribution in [0.2, 0.25) is 0 Å². The van der Waals surface area contributed by atoms with Crippen LogP contribution in [0.3, 0.4) is 0 Å². The molecule has 1 saturated heterocycles. The molecule has 0 aliphatic carbocycles. The topological polar surface area (TPSA) is 79.2 Å². The molecule has 2 aromatic heterocycles. The Kier molecular flexibility index (Phi) is 4.81. The predicted molar refractivity (Wildman–Crippen MR) is 107 cm³/mol. The number of likely N-dealkylation sites (tertiary alicyclic amines) is 1. The monoisotopic (exact) mass is 376 g/mol. The van der Waals surface area contributed by atoms with Crippen molar-refractivity contribution in [1.29, 1.82) is 0 Å². The summed E-state index contributed by atoms with van der Waals surface area (Å²) in [5.41, 5.74) is 2.35. The molecule has 1 aliphatic heterocycles. The molecule has 3 heterocycles. The molecule has 6 nitrogen and oxygen atoms in total. The Bertz CT molecular complexity index is 1010. The van der Waals surface area contributed by atoms with E-state index >= 15 is 0 Å². The molecule has 0 spiro atoms. The van der Waals surface area contributed by atoms with Crippen molar-refractivity contribution in [3.8, 4) is 0 Å². The second kappa shape index (κ2) is 7.28. The molecule has 3 aromatic rings. The molecule has 0 saturated carbocycles. The van der Waals surface area contributed by atoms with E-state index in [4.69, 9.17) is 0 Å². The van der Waals surface area contributed by atoms with Gasteiger partial charge in [0, 0.05) is 43.0 Å². The quantitative estimate of drug-likeness (QED) is 0.760. The summed E-state index contributed by atoms with van der Waals surface area (Å²) in [6.45, 7) is 4.94. The van der Waals surface area contributed by atoms with Gasteiger partial charge in [0.1, 0.15) is 5.82 Å². The summed E-state index contributed by atoms with van der Waals surface area (Å²) in [5, 5.41) is 12.2. The van der Waals surface area contributed by atoms with Crippen molar-refractivity contribution in [2.24, 2.45) is 0 Å². The zero-order valence-electron chi connectivity index (χ0n) is 16.2. The number of aliphatic hydroxyl groups is 1. The van der Waals surface area contributed by atoms with Gasteiger partial charge in [0.05, 0.1) is 16.7 Å². The molecule has 0 unspecified atom stereocenters. The Balaban J connectivity index is 1.49. The fourth-order valence-electron chi connectivity index (χ4n) is 3.72. The van der Waals surface area contributed by atoms with Crippen molar-refractivity contribution in [3.63, 3.8) is 0 Å². The van der Waals surface area contributed by atoms with Crippen LogP contribution in [0.1, 0.15) is 47.2 Å². The molecule has 0 bridgehead atoms. The largest absolute Gasteiger partial charge is 0.385 e. The summed E-state index contributed by atoms with van der Waals surface area (Å²) < 4.78 is 0. The standard InChI is InChI=1S/C22H24N4O2/c1-3-20-23-13-17(14-24-20)21(27)26-10-8-22(28,9-11-26)18-6-7-19-16(12-18)5-4-15(2)25-19/h4-7,12-14,28H,3,8-11H2,1-2H3. The van der Waals surface area contributed by atoms with Gasteiger partial charge in [-0.1, -0.05) is 19.1 Å². The average molecular weight is 376 g/mol. The predicted octanol–water partition coefficient (Wildman–Crippen LogP) is 3.02. The second-order valence-corrected chi connectivity index (χ2v) is 7.43. The maximum atomic E-state index is 12.7. The first kappa shape index (κ1) is 18.5. The van der Waals surface area contributed by atoms with Crippen LogP contribution in [-0.4, -0.2) is 44.0 Å². The van der Waals surface area contributed by atoms with E-state index < -0.39 is 5.60 Å². The van der Waals surface area contributed by atoms with Gasteiger partial charge in [0.15, 0.2) is 0 Å². The number of carbonyl (C=O) groups excluding carboxylic acids is 1. The maximum absolute atomic E-state index is 12.7. The van der Waals surface area contributed by atoms with Crippen molar-refractivity contribution in [2.45, 2.75) is 38.7 Å². The highest BCUT2D eigenvalue weighted by Gasteiger charge is 2.36. The smallest absolute Gasteiger partial charge is 0.256 e. The number of fused-ring (bicyclic) bond motifs is 1. The number of carbonyl (C=O) groups is 1. The van der Waals surface area contributed by atoms with Crippen molar-refractivity contribution < 1.29 is 9.90 Å². The first-order valence-electron chi connectivity index (χ1n) is 9.69. The van der Waals surface area contributed by atoms with Crippen LogP contribution < -0.4 is 0 Å². The van der Waals surface area contributed by atoms with Gasteiger partial charge in [-0.3, -0.25) is 9.78 Å². The Morgan fingerprint density at radius 3 is 2.54 bits per heavy atom. The lowest BCUT2D eigenvalue weighted by Gasteiger charge is -2.38. The first-order valence-corrected chi connectivity index (χ1v) is 9.69. The zero-order chi connectivity index (χ0) is 19.7. The molecule has 1 amide bonds. The number of hydrogen-bond acceptors (Lipinski definition) is 5. The van der Waals surface area contributed by atoms with Crippen molar-refractivity contribution in [1.82, 2.24) is 19.9 Å². The molecule has 1 aromatic carbocycles. The number of amides is 1. The van der Waals surface area contributed by atoms with Gasteiger partial charge in [-0.15, -0.1) is 0 Å². The Labute approximate surface area is 164 Å². The minimum Gasteiger partial charge on any atom is -0.385 e. The van der Waals surface area contributed by atoms with Gasteiger partial charge < -0.3 is 10.0 Å². The van der Waals surface area contributed by atoms with Crippen LogP contribution in [0.5, 0.6) is 0 Å². The number of nitrogens with zero attached hydrogens (tertiary/aromatic N) is 4. The lowest BCUT2D eigenvalue weighted by Crippen LogP contribution is -2.45. The number of piperidine rings is 1. The van der Waals surface area contributed by atoms with E-state index in [-0.39, 0.29) is 5.91 Å².